The summed E-state index contributed by atoms with van der Waals surface area (Å²) in [6.45, 7) is 0. The third-order valence-electron chi connectivity index (χ3n) is 4.42. The van der Waals surface area contributed by atoms with Crippen LogP contribution in [-0.2, 0) is 10.0 Å². The minimum atomic E-state index is -3.67. The quantitative estimate of drug-likeness (QED) is 0.696. The van der Waals surface area contributed by atoms with Gasteiger partial charge in [0.05, 0.1) is 4.90 Å². The molecule has 0 spiro atoms. The zero-order chi connectivity index (χ0) is 18.1. The molecule has 1 heterocycles. The minimum Gasteiger partial charge on any atom is -0.339 e. The van der Waals surface area contributed by atoms with Crippen molar-refractivity contribution in [3.8, 4) is 11.4 Å². The first kappa shape index (κ1) is 17.1. The lowest BCUT2D eigenvalue weighted by Gasteiger charge is -2.20. The van der Waals surface area contributed by atoms with E-state index in [0.29, 0.717) is 28.3 Å². The Bertz CT molecular complexity index is 1010. The molecule has 0 bridgehead atoms. The number of rotatable bonds is 5. The van der Waals surface area contributed by atoms with Crippen molar-refractivity contribution >= 4 is 27.3 Å². The van der Waals surface area contributed by atoms with Crippen LogP contribution in [-0.4, -0.2) is 18.6 Å². The summed E-state index contributed by atoms with van der Waals surface area (Å²) in [4.78, 5) is 4.58. The smallest absolute Gasteiger partial charge is 0.261 e. The fourth-order valence-corrected chi connectivity index (χ4v) is 3.87. The molecule has 1 fully saturated rings. The van der Waals surface area contributed by atoms with Gasteiger partial charge in [-0.05, 0) is 61.4 Å². The highest BCUT2D eigenvalue weighted by atomic mass is 35.5. The maximum Gasteiger partial charge on any atom is 0.261 e. The van der Waals surface area contributed by atoms with Gasteiger partial charge in [-0.3, -0.25) is 4.72 Å². The third-order valence-corrected chi connectivity index (χ3v) is 6.06. The van der Waals surface area contributed by atoms with Crippen LogP contribution in [0.15, 0.2) is 57.9 Å². The van der Waals surface area contributed by atoms with E-state index in [2.05, 4.69) is 14.9 Å². The van der Waals surface area contributed by atoms with Crippen LogP contribution >= 0.6 is 11.6 Å². The SMILES string of the molecule is O=S(=O)(Nc1ccc(-c2noc(C3CCC3)n2)cc1)c1ccc(Cl)cc1. The predicted molar refractivity (Wildman–Crippen MR) is 98.6 cm³/mol. The summed E-state index contributed by atoms with van der Waals surface area (Å²) in [5.74, 6) is 1.57. The Morgan fingerprint density at radius 1 is 1.04 bits per heavy atom. The zero-order valence-corrected chi connectivity index (χ0v) is 15.3. The fraction of sp³-hybridized carbons (Fsp3) is 0.222. The molecule has 4 rings (SSSR count). The highest BCUT2D eigenvalue weighted by Crippen LogP contribution is 2.36. The normalized spacial score (nSPS) is 14.8. The van der Waals surface area contributed by atoms with Gasteiger partial charge in [-0.15, -0.1) is 0 Å². The molecule has 1 aliphatic rings. The molecule has 0 unspecified atom stereocenters. The van der Waals surface area contributed by atoms with E-state index >= 15 is 0 Å². The van der Waals surface area contributed by atoms with E-state index in [-0.39, 0.29) is 4.90 Å². The first-order chi connectivity index (χ1) is 12.5. The number of hydrogen-bond donors (Lipinski definition) is 1. The van der Waals surface area contributed by atoms with Crippen LogP contribution in [0.1, 0.15) is 31.1 Å². The van der Waals surface area contributed by atoms with Gasteiger partial charge in [0.25, 0.3) is 10.0 Å². The van der Waals surface area contributed by atoms with Crippen molar-refractivity contribution in [1.82, 2.24) is 10.1 Å². The molecule has 26 heavy (non-hydrogen) atoms. The van der Waals surface area contributed by atoms with Crippen molar-refractivity contribution in [2.45, 2.75) is 30.1 Å². The lowest BCUT2D eigenvalue weighted by molar-refractivity contribution is 0.292. The molecule has 134 valence electrons. The number of sulfonamides is 1. The standard InChI is InChI=1S/C18H16ClN3O3S/c19-14-6-10-16(11-7-14)26(23,24)22-15-8-4-12(5-9-15)17-20-18(25-21-17)13-2-1-3-13/h4-11,13,22H,1-3H2. The lowest BCUT2D eigenvalue weighted by Crippen LogP contribution is -2.12. The van der Waals surface area contributed by atoms with Crippen LogP contribution in [0.3, 0.4) is 0 Å². The number of nitrogens with zero attached hydrogens (tertiary/aromatic N) is 2. The van der Waals surface area contributed by atoms with E-state index in [0.717, 1.165) is 18.4 Å². The Kier molecular flexibility index (Phi) is 4.42. The summed E-state index contributed by atoms with van der Waals surface area (Å²) in [7, 11) is -3.67. The van der Waals surface area contributed by atoms with E-state index in [1.54, 1.807) is 24.3 Å². The van der Waals surface area contributed by atoms with Crippen molar-refractivity contribution in [1.29, 1.82) is 0 Å². The minimum absolute atomic E-state index is 0.147. The van der Waals surface area contributed by atoms with Crippen LogP contribution in [0.2, 0.25) is 5.02 Å². The number of benzene rings is 2. The molecule has 1 saturated carbocycles. The Hall–Kier alpha value is -2.38. The third kappa shape index (κ3) is 3.45. The van der Waals surface area contributed by atoms with Gasteiger partial charge in [0.1, 0.15) is 0 Å². The van der Waals surface area contributed by atoms with E-state index < -0.39 is 10.0 Å². The molecule has 1 aliphatic carbocycles. The molecular weight excluding hydrogens is 374 g/mol. The molecule has 0 aliphatic heterocycles. The van der Waals surface area contributed by atoms with Crippen LogP contribution in [0.4, 0.5) is 5.69 Å². The Morgan fingerprint density at radius 2 is 1.73 bits per heavy atom. The van der Waals surface area contributed by atoms with Gasteiger partial charge in [0, 0.05) is 22.2 Å². The van der Waals surface area contributed by atoms with Crippen LogP contribution < -0.4 is 4.72 Å². The highest BCUT2D eigenvalue weighted by molar-refractivity contribution is 7.92. The van der Waals surface area contributed by atoms with Gasteiger partial charge < -0.3 is 4.52 Å². The molecule has 3 aromatic rings. The lowest BCUT2D eigenvalue weighted by atomic mass is 9.85. The number of halogens is 1. The first-order valence-electron chi connectivity index (χ1n) is 8.24. The second kappa shape index (κ2) is 6.74. The fourth-order valence-electron chi connectivity index (χ4n) is 2.69. The number of anilines is 1. The molecule has 1 N–H and O–H groups in total. The second-order valence-electron chi connectivity index (χ2n) is 6.22. The van der Waals surface area contributed by atoms with Gasteiger partial charge in [-0.25, -0.2) is 8.42 Å². The van der Waals surface area contributed by atoms with Crippen LogP contribution in [0.5, 0.6) is 0 Å². The Morgan fingerprint density at radius 3 is 2.35 bits per heavy atom. The van der Waals surface area contributed by atoms with Crippen molar-refractivity contribution < 1.29 is 12.9 Å². The predicted octanol–water partition coefficient (Wildman–Crippen LogP) is 4.46. The van der Waals surface area contributed by atoms with Crippen LogP contribution in [0, 0.1) is 0 Å². The summed E-state index contributed by atoms with van der Waals surface area (Å²) in [5, 5.41) is 4.49. The zero-order valence-electron chi connectivity index (χ0n) is 13.7. The number of nitrogens with one attached hydrogen (secondary N) is 1. The maximum absolute atomic E-state index is 12.4. The first-order valence-corrected chi connectivity index (χ1v) is 10.1. The average Bonchev–Trinajstić information content (AvgIpc) is 3.03. The second-order valence-corrected chi connectivity index (χ2v) is 8.34. The van der Waals surface area contributed by atoms with Gasteiger partial charge in [0.15, 0.2) is 0 Å². The van der Waals surface area contributed by atoms with Crippen LogP contribution in [0.25, 0.3) is 11.4 Å². The Labute approximate surface area is 156 Å². The van der Waals surface area contributed by atoms with Crippen molar-refractivity contribution in [3.05, 3.63) is 59.4 Å². The highest BCUT2D eigenvalue weighted by Gasteiger charge is 2.25. The molecule has 0 amide bonds. The van der Waals surface area contributed by atoms with E-state index in [9.17, 15) is 8.42 Å². The molecule has 6 nitrogen and oxygen atoms in total. The van der Waals surface area contributed by atoms with Crippen molar-refractivity contribution in [3.63, 3.8) is 0 Å². The summed E-state index contributed by atoms with van der Waals surface area (Å²) >= 11 is 5.80. The molecule has 0 atom stereocenters. The average molecular weight is 390 g/mol. The van der Waals surface area contributed by atoms with Gasteiger partial charge >= 0.3 is 0 Å². The summed E-state index contributed by atoms with van der Waals surface area (Å²) in [6.07, 6.45) is 3.38. The van der Waals surface area contributed by atoms with E-state index in [1.807, 2.05) is 0 Å². The molecule has 0 saturated heterocycles. The summed E-state index contributed by atoms with van der Waals surface area (Å²) in [5.41, 5.74) is 1.22. The molecule has 2 aromatic carbocycles. The number of aromatic nitrogens is 2. The largest absolute Gasteiger partial charge is 0.339 e. The Balaban J connectivity index is 1.50. The maximum atomic E-state index is 12.4. The van der Waals surface area contributed by atoms with Crippen molar-refractivity contribution in [2.24, 2.45) is 0 Å². The molecule has 8 heteroatoms. The van der Waals surface area contributed by atoms with Gasteiger partial charge in [0.2, 0.25) is 11.7 Å². The topological polar surface area (TPSA) is 85.1 Å². The van der Waals surface area contributed by atoms with Gasteiger partial charge in [-0.1, -0.05) is 23.2 Å². The van der Waals surface area contributed by atoms with Gasteiger partial charge in [-0.2, -0.15) is 4.98 Å². The number of hydrogen-bond acceptors (Lipinski definition) is 5. The van der Waals surface area contributed by atoms with Crippen molar-refractivity contribution in [2.75, 3.05) is 4.72 Å². The summed E-state index contributed by atoms with van der Waals surface area (Å²) in [6, 6.07) is 12.8. The van der Waals surface area contributed by atoms with E-state index in [1.165, 1.54) is 30.7 Å². The van der Waals surface area contributed by atoms with E-state index in [4.69, 9.17) is 16.1 Å². The molecular formula is C18H16ClN3O3S. The summed E-state index contributed by atoms with van der Waals surface area (Å²) < 4.78 is 32.6. The molecule has 0 radical (unpaired) electrons. The monoisotopic (exact) mass is 389 g/mol. The molecule has 1 aromatic heterocycles.